The molecule has 1 N–H and O–H groups in total. The molecular weight excluding hydrogens is 386 g/mol. The molecule has 3 heterocycles. The van der Waals surface area contributed by atoms with E-state index in [1.165, 1.54) is 5.56 Å². The fourth-order valence-electron chi connectivity index (χ4n) is 4.63. The second kappa shape index (κ2) is 7.89. The fraction of sp³-hybridized carbons (Fsp3) is 0.478. The molecule has 2 aromatic rings. The van der Waals surface area contributed by atoms with Crippen molar-refractivity contribution in [3.63, 3.8) is 0 Å². The van der Waals surface area contributed by atoms with Crippen LogP contribution in [0.3, 0.4) is 0 Å². The molecule has 7 heteroatoms. The van der Waals surface area contributed by atoms with E-state index in [4.69, 9.17) is 23.7 Å². The quantitative estimate of drug-likeness (QED) is 0.781. The largest absolute Gasteiger partial charge is 0.492 e. The molecule has 0 spiro atoms. The van der Waals surface area contributed by atoms with E-state index in [-0.39, 0.29) is 19.6 Å². The Balaban J connectivity index is 1.32. The number of ether oxygens (including phenoxy) is 5. The summed E-state index contributed by atoms with van der Waals surface area (Å²) in [5.74, 6) is 3.72. The first-order valence-corrected chi connectivity index (χ1v) is 10.4. The van der Waals surface area contributed by atoms with Gasteiger partial charge in [0.25, 0.3) is 0 Å². The normalized spacial score (nSPS) is 20.2. The zero-order valence-corrected chi connectivity index (χ0v) is 17.3. The molecule has 0 aromatic heterocycles. The van der Waals surface area contributed by atoms with Gasteiger partial charge >= 0.3 is 0 Å². The van der Waals surface area contributed by atoms with Crippen LogP contribution < -0.4 is 23.7 Å². The minimum Gasteiger partial charge on any atom is -0.492 e. The van der Waals surface area contributed by atoms with Gasteiger partial charge in [-0.25, -0.2) is 0 Å². The molecule has 160 valence electrons. The van der Waals surface area contributed by atoms with Crippen LogP contribution >= 0.6 is 0 Å². The lowest BCUT2D eigenvalue weighted by molar-refractivity contribution is 0.101. The molecule has 3 aliphatic rings. The molecule has 0 saturated heterocycles. The zero-order chi connectivity index (χ0) is 20.7. The van der Waals surface area contributed by atoms with Gasteiger partial charge in [-0.2, -0.15) is 0 Å². The predicted molar refractivity (Wildman–Crippen MR) is 110 cm³/mol. The molecular formula is C23H27NO6. The molecule has 0 aliphatic carbocycles. The summed E-state index contributed by atoms with van der Waals surface area (Å²) in [6, 6.07) is 8.10. The maximum atomic E-state index is 10.9. The van der Waals surface area contributed by atoms with Crippen molar-refractivity contribution in [2.24, 2.45) is 0 Å². The van der Waals surface area contributed by atoms with Gasteiger partial charge in [0, 0.05) is 18.2 Å². The second-order valence-electron chi connectivity index (χ2n) is 8.08. The number of aryl methyl sites for hydroxylation is 1. The smallest absolute Gasteiger partial charge is 0.231 e. The molecule has 3 aliphatic heterocycles. The van der Waals surface area contributed by atoms with Crippen molar-refractivity contribution in [1.29, 1.82) is 0 Å². The van der Waals surface area contributed by atoms with Crippen LogP contribution in [0.25, 0.3) is 0 Å². The highest BCUT2D eigenvalue weighted by atomic mass is 16.7. The summed E-state index contributed by atoms with van der Waals surface area (Å²) in [5.41, 5.74) is 3.46. The number of benzene rings is 2. The molecule has 0 radical (unpaired) electrons. The molecule has 5 rings (SSSR count). The number of hydrogen-bond donors (Lipinski definition) is 1. The van der Waals surface area contributed by atoms with Crippen LogP contribution in [0.5, 0.6) is 28.7 Å². The van der Waals surface area contributed by atoms with Crippen LogP contribution in [0.15, 0.2) is 24.3 Å². The van der Waals surface area contributed by atoms with Crippen molar-refractivity contribution in [3.05, 3.63) is 41.0 Å². The van der Waals surface area contributed by atoms with Crippen LogP contribution in [0.4, 0.5) is 0 Å². The average Bonchev–Trinajstić information content (AvgIpc) is 3.41. The first-order chi connectivity index (χ1) is 14.6. The summed E-state index contributed by atoms with van der Waals surface area (Å²) in [6.07, 6.45) is 2.56. The van der Waals surface area contributed by atoms with E-state index in [2.05, 4.69) is 18.0 Å². The molecule has 2 atom stereocenters. The highest BCUT2D eigenvalue weighted by molar-refractivity contribution is 5.61. The monoisotopic (exact) mass is 413 g/mol. The summed E-state index contributed by atoms with van der Waals surface area (Å²) in [7, 11) is 3.77. The van der Waals surface area contributed by atoms with Crippen LogP contribution in [0.1, 0.15) is 35.6 Å². The summed E-state index contributed by atoms with van der Waals surface area (Å²) in [5, 5.41) is 10.9. The Morgan fingerprint density at radius 2 is 1.90 bits per heavy atom. The molecule has 0 unspecified atom stereocenters. The minimum absolute atomic E-state index is 0.0601. The SMILES string of the molecule is COc1c2c(cc3c1[C@@H](C[C@@H](O)CCc1ccc4c(c1)OCO4)N(C)CC3)OCO2. The molecule has 0 amide bonds. The van der Waals surface area contributed by atoms with Crippen molar-refractivity contribution in [1.82, 2.24) is 4.90 Å². The van der Waals surface area contributed by atoms with Crippen molar-refractivity contribution in [3.8, 4) is 28.7 Å². The Hall–Kier alpha value is -2.64. The van der Waals surface area contributed by atoms with Crippen LogP contribution in [0, 0.1) is 0 Å². The van der Waals surface area contributed by atoms with Crippen LogP contribution in [-0.2, 0) is 12.8 Å². The van der Waals surface area contributed by atoms with Crippen molar-refractivity contribution in [2.75, 3.05) is 34.3 Å². The van der Waals surface area contributed by atoms with Crippen molar-refractivity contribution in [2.45, 2.75) is 37.8 Å². The minimum atomic E-state index is -0.441. The van der Waals surface area contributed by atoms with E-state index < -0.39 is 6.10 Å². The maximum Gasteiger partial charge on any atom is 0.231 e. The van der Waals surface area contributed by atoms with Crippen LogP contribution in [-0.4, -0.2) is 50.4 Å². The molecule has 0 fully saturated rings. The number of hydrogen-bond acceptors (Lipinski definition) is 7. The number of likely N-dealkylation sites (N-methyl/N-ethyl adjacent to an activating group) is 1. The first kappa shape index (κ1) is 19.3. The van der Waals surface area contributed by atoms with Gasteiger partial charge in [-0.15, -0.1) is 0 Å². The summed E-state index contributed by atoms with van der Waals surface area (Å²) in [6.45, 7) is 1.41. The lowest BCUT2D eigenvalue weighted by atomic mass is 9.87. The molecule has 7 nitrogen and oxygen atoms in total. The topological polar surface area (TPSA) is 69.6 Å². The van der Waals surface area contributed by atoms with Gasteiger partial charge in [0.05, 0.1) is 13.2 Å². The molecule has 2 aromatic carbocycles. The number of nitrogens with zero attached hydrogens (tertiary/aromatic N) is 1. The van der Waals surface area contributed by atoms with Gasteiger partial charge in [-0.05, 0) is 62.1 Å². The van der Waals surface area contributed by atoms with Gasteiger partial charge in [-0.3, -0.25) is 4.90 Å². The van der Waals surface area contributed by atoms with Gasteiger partial charge in [0.2, 0.25) is 19.3 Å². The summed E-state index contributed by atoms with van der Waals surface area (Å²) < 4.78 is 27.8. The average molecular weight is 413 g/mol. The van der Waals surface area contributed by atoms with Gasteiger partial charge in [-0.1, -0.05) is 6.07 Å². The van der Waals surface area contributed by atoms with E-state index in [1.807, 2.05) is 18.2 Å². The van der Waals surface area contributed by atoms with Crippen molar-refractivity contribution >= 4 is 0 Å². The second-order valence-corrected chi connectivity index (χ2v) is 8.08. The number of methoxy groups -OCH3 is 1. The maximum absolute atomic E-state index is 10.9. The third-order valence-corrected chi connectivity index (χ3v) is 6.25. The van der Waals surface area contributed by atoms with Crippen molar-refractivity contribution < 1.29 is 28.8 Å². The summed E-state index contributed by atoms with van der Waals surface area (Å²) >= 11 is 0. The van der Waals surface area contributed by atoms with Gasteiger partial charge in [0.1, 0.15) is 0 Å². The van der Waals surface area contributed by atoms with Gasteiger partial charge in [0.15, 0.2) is 23.0 Å². The molecule has 30 heavy (non-hydrogen) atoms. The van der Waals surface area contributed by atoms with E-state index >= 15 is 0 Å². The zero-order valence-electron chi connectivity index (χ0n) is 17.3. The highest BCUT2D eigenvalue weighted by Crippen LogP contribution is 2.50. The van der Waals surface area contributed by atoms with E-state index in [1.54, 1.807) is 7.11 Å². The lowest BCUT2D eigenvalue weighted by Crippen LogP contribution is -2.34. The summed E-state index contributed by atoms with van der Waals surface area (Å²) in [4.78, 5) is 2.29. The first-order valence-electron chi connectivity index (χ1n) is 10.4. The van der Waals surface area contributed by atoms with E-state index in [0.717, 1.165) is 53.5 Å². The Morgan fingerprint density at radius 1 is 1.10 bits per heavy atom. The highest BCUT2D eigenvalue weighted by Gasteiger charge is 2.34. The predicted octanol–water partition coefficient (Wildman–Crippen LogP) is 3.07. The molecule has 0 bridgehead atoms. The van der Waals surface area contributed by atoms with E-state index in [9.17, 15) is 5.11 Å². The Bertz CT molecular complexity index is 946. The lowest BCUT2D eigenvalue weighted by Gasteiger charge is -2.37. The van der Waals surface area contributed by atoms with Crippen LogP contribution in [0.2, 0.25) is 0 Å². The number of fused-ring (bicyclic) bond motifs is 3. The number of aliphatic hydroxyl groups is 1. The number of aliphatic hydroxyl groups excluding tert-OH is 1. The van der Waals surface area contributed by atoms with E-state index in [0.29, 0.717) is 18.6 Å². The Kier molecular flexibility index (Phi) is 5.08. The third kappa shape index (κ3) is 3.42. The third-order valence-electron chi connectivity index (χ3n) is 6.25. The molecule has 0 saturated carbocycles. The Labute approximate surface area is 176 Å². The fourth-order valence-corrected chi connectivity index (χ4v) is 4.63. The van der Waals surface area contributed by atoms with Gasteiger partial charge < -0.3 is 28.8 Å². The standard InChI is InChI=1S/C23H27NO6/c1-24-8-7-15-10-20-22(30-13-29-20)23(26-2)21(15)17(24)11-16(25)5-3-14-4-6-18-19(9-14)28-12-27-18/h4,6,9-10,16-17,25H,3,5,7-8,11-13H2,1-2H3/t16-,17+/m0/s1. The number of rotatable bonds is 6. The Morgan fingerprint density at radius 3 is 2.77 bits per heavy atom.